The van der Waals surface area contributed by atoms with Gasteiger partial charge >= 0.3 is 0 Å². The third-order valence-corrected chi connectivity index (χ3v) is 6.85. The van der Waals surface area contributed by atoms with Crippen LogP contribution in [0.3, 0.4) is 0 Å². The molecular weight excluding hydrogens is 408 g/mol. The van der Waals surface area contributed by atoms with Crippen molar-refractivity contribution in [1.29, 1.82) is 0 Å². The minimum atomic E-state index is -0.234. The highest BCUT2D eigenvalue weighted by molar-refractivity contribution is 5.85. The van der Waals surface area contributed by atoms with Crippen LogP contribution in [0.5, 0.6) is 0 Å². The molecule has 1 aromatic carbocycles. The zero-order valence-electron chi connectivity index (χ0n) is 20.7. The van der Waals surface area contributed by atoms with Crippen LogP contribution in [-0.2, 0) is 4.74 Å². The second-order valence-electron chi connectivity index (χ2n) is 9.94. The molecule has 1 unspecified atom stereocenters. The maximum Gasteiger partial charge on any atom is 0.226 e. The molecule has 2 aromatic rings. The lowest BCUT2D eigenvalue weighted by molar-refractivity contribution is 0.00760. The van der Waals surface area contributed by atoms with Gasteiger partial charge in [-0.2, -0.15) is 0 Å². The van der Waals surface area contributed by atoms with Crippen LogP contribution in [-0.4, -0.2) is 22.9 Å². The van der Waals surface area contributed by atoms with E-state index < -0.39 is 0 Å². The highest BCUT2D eigenvalue weighted by atomic mass is 16.5. The molecule has 0 radical (unpaired) electrons. The Morgan fingerprint density at radius 1 is 1.24 bits per heavy atom. The third kappa shape index (κ3) is 6.11. The first kappa shape index (κ1) is 23.7. The van der Waals surface area contributed by atoms with E-state index in [1.165, 1.54) is 43.4 Å². The SMILES string of the molecule is CCCOC1(C)C=CC(c2cnc(-c3ccc(C)c(N=C(C)CC4CCCCC4)c3)o2)=CC1. The molecule has 1 saturated carbocycles. The van der Waals surface area contributed by atoms with Gasteiger partial charge in [-0.05, 0) is 63.6 Å². The first-order valence-corrected chi connectivity index (χ1v) is 12.6. The van der Waals surface area contributed by atoms with Gasteiger partial charge in [0, 0.05) is 23.5 Å². The Bertz CT molecular complexity index is 1040. The highest BCUT2D eigenvalue weighted by Crippen LogP contribution is 2.33. The van der Waals surface area contributed by atoms with Gasteiger partial charge in [0.1, 0.15) is 0 Å². The minimum absolute atomic E-state index is 0.234. The van der Waals surface area contributed by atoms with Crippen LogP contribution in [0.1, 0.15) is 83.5 Å². The number of allylic oxidation sites excluding steroid dienone is 2. The monoisotopic (exact) mass is 446 g/mol. The number of benzene rings is 1. The molecule has 2 aliphatic rings. The molecule has 4 rings (SSSR count). The van der Waals surface area contributed by atoms with Crippen LogP contribution in [0.2, 0.25) is 0 Å². The van der Waals surface area contributed by atoms with E-state index in [9.17, 15) is 0 Å². The fourth-order valence-corrected chi connectivity index (χ4v) is 4.80. The summed E-state index contributed by atoms with van der Waals surface area (Å²) >= 11 is 0. The predicted octanol–water partition coefficient (Wildman–Crippen LogP) is 8.24. The normalized spacial score (nSPS) is 21.9. The summed E-state index contributed by atoms with van der Waals surface area (Å²) in [6, 6.07) is 6.29. The Hall–Kier alpha value is -2.46. The summed E-state index contributed by atoms with van der Waals surface area (Å²) in [7, 11) is 0. The van der Waals surface area contributed by atoms with Gasteiger partial charge in [0.05, 0.1) is 17.5 Å². The molecule has 0 amide bonds. The Labute approximate surface area is 198 Å². The van der Waals surface area contributed by atoms with Crippen molar-refractivity contribution in [3.8, 4) is 11.5 Å². The summed E-state index contributed by atoms with van der Waals surface area (Å²) < 4.78 is 12.2. The maximum absolute atomic E-state index is 6.16. The van der Waals surface area contributed by atoms with Crippen LogP contribution in [0, 0.1) is 12.8 Å². The molecule has 0 N–H and O–H groups in total. The lowest BCUT2D eigenvalue weighted by atomic mass is 9.86. The number of rotatable bonds is 8. The smallest absolute Gasteiger partial charge is 0.226 e. The topological polar surface area (TPSA) is 47.6 Å². The lowest BCUT2D eigenvalue weighted by Crippen LogP contribution is -2.27. The van der Waals surface area contributed by atoms with Crippen LogP contribution in [0.15, 0.2) is 52.0 Å². The summed E-state index contributed by atoms with van der Waals surface area (Å²) in [5, 5.41) is 0. The Morgan fingerprint density at radius 2 is 2.06 bits per heavy atom. The predicted molar refractivity (Wildman–Crippen MR) is 137 cm³/mol. The minimum Gasteiger partial charge on any atom is -0.436 e. The lowest BCUT2D eigenvalue weighted by Gasteiger charge is -2.28. The van der Waals surface area contributed by atoms with Crippen molar-refractivity contribution in [3.63, 3.8) is 0 Å². The van der Waals surface area contributed by atoms with Crippen molar-refractivity contribution >= 4 is 17.0 Å². The second-order valence-corrected chi connectivity index (χ2v) is 9.94. The van der Waals surface area contributed by atoms with Crippen LogP contribution in [0.4, 0.5) is 5.69 Å². The standard InChI is InChI=1S/C29H38N2O2/c1-5-17-32-29(4)15-13-24(14-16-29)27-20-30-28(33-27)25-12-11-21(2)26(19-25)31-22(3)18-23-9-7-6-8-10-23/h11-15,19-20,23H,5-10,16-18H2,1-4H3. The third-order valence-electron chi connectivity index (χ3n) is 6.85. The summed E-state index contributed by atoms with van der Waals surface area (Å²) in [4.78, 5) is 9.56. The summed E-state index contributed by atoms with van der Waals surface area (Å²) in [6.07, 6.45) is 18.0. The van der Waals surface area contributed by atoms with Crippen molar-refractivity contribution in [3.05, 3.63) is 53.9 Å². The summed E-state index contributed by atoms with van der Waals surface area (Å²) in [6.45, 7) is 9.32. The molecule has 1 fully saturated rings. The molecule has 4 nitrogen and oxygen atoms in total. The average Bonchev–Trinajstić information content (AvgIpc) is 3.30. The molecule has 0 saturated heterocycles. The van der Waals surface area contributed by atoms with Crippen LogP contribution < -0.4 is 0 Å². The number of nitrogens with zero attached hydrogens (tertiary/aromatic N) is 2. The molecule has 1 aromatic heterocycles. The average molecular weight is 447 g/mol. The van der Waals surface area contributed by atoms with Gasteiger partial charge in [0.15, 0.2) is 5.76 Å². The van der Waals surface area contributed by atoms with Crippen LogP contribution in [0.25, 0.3) is 17.0 Å². The molecule has 4 heteroatoms. The second kappa shape index (κ2) is 10.6. The number of oxazole rings is 1. The van der Waals surface area contributed by atoms with Crippen molar-refractivity contribution in [1.82, 2.24) is 4.98 Å². The Morgan fingerprint density at radius 3 is 2.79 bits per heavy atom. The fourth-order valence-electron chi connectivity index (χ4n) is 4.80. The van der Waals surface area contributed by atoms with Gasteiger partial charge in [-0.3, -0.25) is 4.99 Å². The van der Waals surface area contributed by atoms with Gasteiger partial charge in [-0.25, -0.2) is 4.98 Å². The number of aromatic nitrogens is 1. The van der Waals surface area contributed by atoms with Gasteiger partial charge in [-0.15, -0.1) is 0 Å². The van der Waals surface area contributed by atoms with Gasteiger partial charge < -0.3 is 9.15 Å². The van der Waals surface area contributed by atoms with Crippen LogP contribution >= 0.6 is 0 Å². The van der Waals surface area contributed by atoms with Gasteiger partial charge in [0.25, 0.3) is 0 Å². The first-order valence-electron chi connectivity index (χ1n) is 12.6. The number of hydrogen-bond donors (Lipinski definition) is 0. The largest absolute Gasteiger partial charge is 0.436 e. The van der Waals surface area contributed by atoms with E-state index in [-0.39, 0.29) is 5.60 Å². The molecule has 2 aliphatic carbocycles. The molecular formula is C29H38N2O2. The van der Waals surface area contributed by atoms with E-state index in [1.54, 1.807) is 0 Å². The van der Waals surface area contributed by atoms with E-state index >= 15 is 0 Å². The van der Waals surface area contributed by atoms with Gasteiger partial charge in [0.2, 0.25) is 5.89 Å². The van der Waals surface area contributed by atoms with Crippen molar-refractivity contribution in [2.24, 2.45) is 10.9 Å². The molecule has 176 valence electrons. The number of hydrogen-bond acceptors (Lipinski definition) is 4. The Kier molecular flexibility index (Phi) is 7.64. The fraction of sp³-hybridized carbons (Fsp3) is 0.517. The van der Waals surface area contributed by atoms with E-state index in [2.05, 4.69) is 69.1 Å². The molecule has 1 atom stereocenters. The van der Waals surface area contributed by atoms with E-state index in [0.717, 1.165) is 54.4 Å². The summed E-state index contributed by atoms with van der Waals surface area (Å²) in [5.74, 6) is 2.22. The van der Waals surface area contributed by atoms with Crippen molar-refractivity contribution in [2.45, 2.75) is 84.7 Å². The molecule has 33 heavy (non-hydrogen) atoms. The maximum atomic E-state index is 6.16. The number of aryl methyl sites for hydroxylation is 1. The molecule has 0 spiro atoms. The zero-order chi connectivity index (χ0) is 23.3. The van der Waals surface area contributed by atoms with E-state index in [1.807, 2.05) is 6.20 Å². The molecule has 1 heterocycles. The van der Waals surface area contributed by atoms with Gasteiger partial charge in [-0.1, -0.05) is 63.3 Å². The first-order chi connectivity index (χ1) is 16.0. The van der Waals surface area contributed by atoms with Crippen molar-refractivity contribution < 1.29 is 9.15 Å². The molecule has 0 bridgehead atoms. The zero-order valence-corrected chi connectivity index (χ0v) is 20.7. The summed E-state index contributed by atoms with van der Waals surface area (Å²) in [5.41, 5.74) is 5.20. The van der Waals surface area contributed by atoms with E-state index in [4.69, 9.17) is 14.1 Å². The Balaban J connectivity index is 1.47. The number of ether oxygens (including phenoxy) is 1. The van der Waals surface area contributed by atoms with Crippen molar-refractivity contribution in [2.75, 3.05) is 6.61 Å². The number of aliphatic imine (C=N–C) groups is 1. The quantitative estimate of drug-likeness (QED) is 0.384. The highest BCUT2D eigenvalue weighted by Gasteiger charge is 2.24. The molecule has 0 aliphatic heterocycles. The van der Waals surface area contributed by atoms with E-state index in [0.29, 0.717) is 5.89 Å².